The number of benzene rings is 1. The van der Waals surface area contributed by atoms with E-state index in [0.29, 0.717) is 17.9 Å². The molecule has 1 aliphatic rings. The second-order valence-corrected chi connectivity index (χ2v) is 9.88. The lowest BCUT2D eigenvalue weighted by molar-refractivity contribution is -0.153. The van der Waals surface area contributed by atoms with Crippen LogP contribution in [0.4, 0.5) is 0 Å². The van der Waals surface area contributed by atoms with Crippen LogP contribution in [0.15, 0.2) is 30.3 Å². The van der Waals surface area contributed by atoms with E-state index in [1.807, 2.05) is 30.3 Å². The summed E-state index contributed by atoms with van der Waals surface area (Å²) in [6.07, 6.45) is 7.21. The SMILES string of the molecule is CCCCCCCCC(NC1CSCC(c2ccccc2)N(C(C)C(=O)O)C1=O)C(=O)OCC. The average Bonchev–Trinajstić information content (AvgIpc) is 2.99. The van der Waals surface area contributed by atoms with Gasteiger partial charge in [0.05, 0.1) is 18.7 Å². The van der Waals surface area contributed by atoms with Gasteiger partial charge < -0.3 is 14.7 Å². The predicted molar refractivity (Wildman–Crippen MR) is 136 cm³/mol. The van der Waals surface area contributed by atoms with Crippen molar-refractivity contribution in [3.63, 3.8) is 0 Å². The molecule has 190 valence electrons. The van der Waals surface area contributed by atoms with Gasteiger partial charge in [-0.3, -0.25) is 14.9 Å². The molecule has 2 N–H and O–H groups in total. The van der Waals surface area contributed by atoms with Crippen molar-refractivity contribution in [3.05, 3.63) is 35.9 Å². The van der Waals surface area contributed by atoms with Crippen molar-refractivity contribution < 1.29 is 24.2 Å². The van der Waals surface area contributed by atoms with Gasteiger partial charge in [-0.2, -0.15) is 11.8 Å². The van der Waals surface area contributed by atoms with E-state index in [4.69, 9.17) is 4.74 Å². The summed E-state index contributed by atoms with van der Waals surface area (Å²) >= 11 is 1.60. The molecule has 1 heterocycles. The number of hydrogen-bond acceptors (Lipinski definition) is 6. The van der Waals surface area contributed by atoms with Crippen molar-refractivity contribution in [2.45, 2.75) is 89.9 Å². The first-order valence-corrected chi connectivity index (χ1v) is 13.7. The number of aliphatic carboxylic acids is 1. The fourth-order valence-corrected chi connectivity index (χ4v) is 5.48. The van der Waals surface area contributed by atoms with Crippen molar-refractivity contribution in [1.82, 2.24) is 10.2 Å². The molecular weight excluding hydrogens is 452 g/mol. The molecule has 2 rings (SSSR count). The number of carboxylic acids is 1. The first-order chi connectivity index (χ1) is 16.4. The summed E-state index contributed by atoms with van der Waals surface area (Å²) < 4.78 is 5.28. The molecule has 0 aliphatic carbocycles. The molecule has 1 saturated heterocycles. The van der Waals surface area contributed by atoms with Crippen LogP contribution in [0.2, 0.25) is 0 Å². The maximum Gasteiger partial charge on any atom is 0.326 e. The number of thioether (sulfide) groups is 1. The lowest BCUT2D eigenvalue weighted by Crippen LogP contribution is -2.56. The van der Waals surface area contributed by atoms with Gasteiger partial charge in [0.25, 0.3) is 0 Å². The Bertz CT molecular complexity index is 776. The van der Waals surface area contributed by atoms with Crippen LogP contribution in [0.1, 0.15) is 77.3 Å². The van der Waals surface area contributed by atoms with Crippen LogP contribution >= 0.6 is 11.8 Å². The Morgan fingerprint density at radius 1 is 1.12 bits per heavy atom. The van der Waals surface area contributed by atoms with E-state index in [2.05, 4.69) is 12.2 Å². The zero-order chi connectivity index (χ0) is 24.9. The molecule has 4 unspecified atom stereocenters. The van der Waals surface area contributed by atoms with Crippen molar-refractivity contribution in [2.24, 2.45) is 0 Å². The van der Waals surface area contributed by atoms with E-state index in [0.717, 1.165) is 24.8 Å². The van der Waals surface area contributed by atoms with Crippen LogP contribution < -0.4 is 5.32 Å². The number of ether oxygens (including phenoxy) is 1. The van der Waals surface area contributed by atoms with Crippen LogP contribution in [0.5, 0.6) is 0 Å². The Hall–Kier alpha value is -2.06. The molecule has 1 aromatic rings. The summed E-state index contributed by atoms with van der Waals surface area (Å²) in [4.78, 5) is 39.7. The standard InChI is InChI=1S/C26H40N2O5S/c1-4-6-7-8-9-13-16-21(26(32)33-5-2)27-22-17-34-18-23(20-14-11-10-12-15-20)28(24(22)29)19(3)25(30)31/h10-12,14-15,19,21-23,27H,4-9,13,16-18H2,1-3H3,(H,30,31). The quantitative estimate of drug-likeness (QED) is 0.293. The normalized spacial score (nSPS) is 20.4. The molecule has 34 heavy (non-hydrogen) atoms. The van der Waals surface area contributed by atoms with Crippen molar-refractivity contribution in [3.8, 4) is 0 Å². The maximum absolute atomic E-state index is 13.7. The number of hydrogen-bond donors (Lipinski definition) is 2. The minimum absolute atomic E-state index is 0.277. The van der Waals surface area contributed by atoms with E-state index < -0.39 is 24.1 Å². The molecule has 1 fully saturated rings. The third-order valence-corrected chi connectivity index (χ3v) is 7.35. The van der Waals surface area contributed by atoms with E-state index in [1.165, 1.54) is 24.2 Å². The second kappa shape index (κ2) is 15.0. The zero-order valence-corrected chi connectivity index (χ0v) is 21.5. The van der Waals surface area contributed by atoms with E-state index in [1.54, 1.807) is 25.6 Å². The van der Waals surface area contributed by atoms with Crippen LogP contribution in [0.3, 0.4) is 0 Å². The summed E-state index contributed by atoms with van der Waals surface area (Å²) in [6, 6.07) is 6.96. The van der Waals surface area contributed by atoms with Crippen LogP contribution in [-0.4, -0.2) is 64.1 Å². The number of rotatable bonds is 14. The van der Waals surface area contributed by atoms with E-state index >= 15 is 0 Å². The monoisotopic (exact) mass is 492 g/mol. The highest BCUT2D eigenvalue weighted by molar-refractivity contribution is 7.99. The Balaban J connectivity index is 2.18. The molecule has 1 amide bonds. The summed E-state index contributed by atoms with van der Waals surface area (Å²) in [5.41, 5.74) is 0.908. The van der Waals surface area contributed by atoms with Gasteiger partial charge in [0.1, 0.15) is 12.1 Å². The summed E-state index contributed by atoms with van der Waals surface area (Å²) in [5.74, 6) is -0.625. The molecule has 1 aromatic carbocycles. The molecule has 0 radical (unpaired) electrons. The van der Waals surface area contributed by atoms with Crippen LogP contribution in [0, 0.1) is 0 Å². The second-order valence-electron chi connectivity index (χ2n) is 8.80. The average molecular weight is 493 g/mol. The molecule has 0 saturated carbocycles. The minimum Gasteiger partial charge on any atom is -0.480 e. The maximum atomic E-state index is 13.7. The number of carboxylic acid groups (broad SMARTS) is 1. The number of carbonyl (C=O) groups excluding carboxylic acids is 2. The first kappa shape index (κ1) is 28.2. The largest absolute Gasteiger partial charge is 0.480 e. The molecule has 1 aliphatic heterocycles. The van der Waals surface area contributed by atoms with E-state index in [-0.39, 0.29) is 24.5 Å². The Morgan fingerprint density at radius 3 is 2.44 bits per heavy atom. The minimum atomic E-state index is -1.05. The smallest absolute Gasteiger partial charge is 0.326 e. The molecule has 0 aromatic heterocycles. The van der Waals surface area contributed by atoms with Crippen molar-refractivity contribution in [2.75, 3.05) is 18.1 Å². The Morgan fingerprint density at radius 2 is 1.79 bits per heavy atom. The zero-order valence-electron chi connectivity index (χ0n) is 20.7. The Kier molecular flexibility index (Phi) is 12.5. The van der Waals surface area contributed by atoms with Gasteiger partial charge >= 0.3 is 11.9 Å². The van der Waals surface area contributed by atoms with Gasteiger partial charge in [-0.25, -0.2) is 4.79 Å². The predicted octanol–water partition coefficient (Wildman–Crippen LogP) is 4.42. The fourth-order valence-electron chi connectivity index (χ4n) is 4.30. The van der Waals surface area contributed by atoms with Gasteiger partial charge in [0.15, 0.2) is 0 Å². The van der Waals surface area contributed by atoms with Gasteiger partial charge in [-0.15, -0.1) is 0 Å². The molecule has 8 heteroatoms. The molecule has 0 spiro atoms. The van der Waals surface area contributed by atoms with E-state index in [9.17, 15) is 19.5 Å². The first-order valence-electron chi connectivity index (χ1n) is 12.5. The van der Waals surface area contributed by atoms with Gasteiger partial charge in [-0.05, 0) is 25.8 Å². The lowest BCUT2D eigenvalue weighted by Gasteiger charge is -2.35. The third kappa shape index (κ3) is 8.31. The van der Waals surface area contributed by atoms with Gasteiger partial charge in [-0.1, -0.05) is 75.8 Å². The summed E-state index contributed by atoms with van der Waals surface area (Å²) in [5, 5.41) is 13.0. The highest BCUT2D eigenvalue weighted by Crippen LogP contribution is 2.31. The number of esters is 1. The highest BCUT2D eigenvalue weighted by atomic mass is 32.2. The van der Waals surface area contributed by atoms with Crippen molar-refractivity contribution >= 4 is 29.6 Å². The molecule has 7 nitrogen and oxygen atoms in total. The lowest BCUT2D eigenvalue weighted by atomic mass is 10.0. The molecule has 4 atom stereocenters. The number of unbranched alkanes of at least 4 members (excludes halogenated alkanes) is 5. The Labute approximate surface area is 208 Å². The summed E-state index contributed by atoms with van der Waals surface area (Å²) in [6.45, 7) is 5.77. The fraction of sp³-hybridized carbons (Fsp3) is 0.654. The number of nitrogens with zero attached hydrogens (tertiary/aromatic N) is 1. The highest BCUT2D eigenvalue weighted by Gasteiger charge is 2.40. The summed E-state index contributed by atoms with van der Waals surface area (Å²) in [7, 11) is 0. The van der Waals surface area contributed by atoms with Gasteiger partial charge in [0, 0.05) is 11.5 Å². The number of carbonyl (C=O) groups is 3. The third-order valence-electron chi connectivity index (χ3n) is 6.23. The molecular formula is C26H40N2O5S. The number of amides is 1. The molecule has 0 bridgehead atoms. The van der Waals surface area contributed by atoms with Crippen LogP contribution in [0.25, 0.3) is 0 Å². The van der Waals surface area contributed by atoms with Crippen molar-refractivity contribution in [1.29, 1.82) is 0 Å². The topological polar surface area (TPSA) is 95.9 Å². The number of nitrogens with one attached hydrogen (secondary N) is 1. The van der Waals surface area contributed by atoms with Crippen LogP contribution in [-0.2, 0) is 19.1 Å². The van der Waals surface area contributed by atoms with Gasteiger partial charge in [0.2, 0.25) is 5.91 Å².